The van der Waals surface area contributed by atoms with Gasteiger partial charge in [-0.25, -0.2) is 9.97 Å². The molecule has 0 radical (unpaired) electrons. The number of aryl methyl sites for hydroxylation is 2. The van der Waals surface area contributed by atoms with Crippen LogP contribution in [0.1, 0.15) is 12.5 Å². The van der Waals surface area contributed by atoms with Crippen molar-refractivity contribution >= 4 is 32.7 Å². The van der Waals surface area contributed by atoms with Crippen molar-refractivity contribution in [1.29, 1.82) is 0 Å². The predicted octanol–water partition coefficient (Wildman–Crippen LogP) is 2.64. The van der Waals surface area contributed by atoms with Crippen LogP contribution in [0.5, 0.6) is 5.75 Å². The third-order valence-electron chi connectivity index (χ3n) is 3.98. The number of aromatic nitrogens is 3. The molecule has 2 aromatic heterocycles. The minimum Gasteiger partial charge on any atom is -0.383 e. The molecule has 0 bridgehead atoms. The Labute approximate surface area is 147 Å². The minimum absolute atomic E-state index is 0.312. The van der Waals surface area contributed by atoms with E-state index in [1.807, 2.05) is 42.6 Å². The molecule has 0 aliphatic heterocycles. The molecule has 0 aliphatic rings. The molecule has 7 nitrogen and oxygen atoms in total. The van der Waals surface area contributed by atoms with Crippen LogP contribution in [0.15, 0.2) is 36.8 Å². The van der Waals surface area contributed by atoms with E-state index in [0.717, 1.165) is 40.8 Å². The molecular formula is C17H20N4O3S. The summed E-state index contributed by atoms with van der Waals surface area (Å²) in [5, 5.41) is 0. The molecule has 0 amide bonds. The SMILES string of the molecule is CCc1cc(OS(C)(=O)=O)ccc1N(C)c1cc2c(cn1)ncn2C. The Morgan fingerprint density at radius 2 is 2.00 bits per heavy atom. The number of nitrogens with zero attached hydrogens (tertiary/aromatic N) is 4. The lowest BCUT2D eigenvalue weighted by Gasteiger charge is -2.22. The molecule has 0 aliphatic carbocycles. The monoisotopic (exact) mass is 360 g/mol. The van der Waals surface area contributed by atoms with Gasteiger partial charge in [-0.2, -0.15) is 8.42 Å². The topological polar surface area (TPSA) is 77.3 Å². The summed E-state index contributed by atoms with van der Waals surface area (Å²) in [6, 6.07) is 7.21. The Bertz CT molecular complexity index is 1030. The number of benzene rings is 1. The highest BCUT2D eigenvalue weighted by molar-refractivity contribution is 7.86. The van der Waals surface area contributed by atoms with Crippen molar-refractivity contribution in [2.45, 2.75) is 13.3 Å². The highest BCUT2D eigenvalue weighted by Gasteiger charge is 2.14. The van der Waals surface area contributed by atoms with Crippen LogP contribution in [0.4, 0.5) is 11.5 Å². The van der Waals surface area contributed by atoms with Crippen molar-refractivity contribution in [3.63, 3.8) is 0 Å². The zero-order valence-electron chi connectivity index (χ0n) is 14.6. The lowest BCUT2D eigenvalue weighted by Crippen LogP contribution is -2.14. The van der Waals surface area contributed by atoms with E-state index in [0.29, 0.717) is 5.75 Å². The van der Waals surface area contributed by atoms with E-state index >= 15 is 0 Å². The highest BCUT2D eigenvalue weighted by Crippen LogP contribution is 2.31. The number of imidazole rings is 1. The molecule has 3 aromatic rings. The molecule has 2 heterocycles. The number of pyridine rings is 1. The molecule has 132 valence electrons. The Balaban J connectivity index is 1.99. The van der Waals surface area contributed by atoms with Gasteiger partial charge in [-0.1, -0.05) is 6.92 Å². The second kappa shape index (κ2) is 6.36. The number of fused-ring (bicyclic) bond motifs is 1. The third-order valence-corrected chi connectivity index (χ3v) is 4.48. The van der Waals surface area contributed by atoms with E-state index in [-0.39, 0.29) is 0 Å². The molecule has 8 heteroatoms. The molecule has 0 saturated heterocycles. The lowest BCUT2D eigenvalue weighted by atomic mass is 10.1. The summed E-state index contributed by atoms with van der Waals surface area (Å²) in [6.07, 6.45) is 5.26. The second-order valence-electron chi connectivity index (χ2n) is 5.88. The predicted molar refractivity (Wildman–Crippen MR) is 97.9 cm³/mol. The van der Waals surface area contributed by atoms with Gasteiger partial charge in [0.25, 0.3) is 0 Å². The summed E-state index contributed by atoms with van der Waals surface area (Å²) in [5.41, 5.74) is 3.74. The van der Waals surface area contributed by atoms with Crippen LogP contribution in [0.2, 0.25) is 0 Å². The Hall–Kier alpha value is -2.61. The van der Waals surface area contributed by atoms with Crippen molar-refractivity contribution in [2.24, 2.45) is 7.05 Å². The average Bonchev–Trinajstić information content (AvgIpc) is 2.93. The summed E-state index contributed by atoms with van der Waals surface area (Å²) >= 11 is 0. The molecule has 0 unspecified atom stereocenters. The fourth-order valence-electron chi connectivity index (χ4n) is 2.73. The molecular weight excluding hydrogens is 340 g/mol. The average molecular weight is 360 g/mol. The normalized spacial score (nSPS) is 11.7. The number of anilines is 2. The minimum atomic E-state index is -3.55. The van der Waals surface area contributed by atoms with Gasteiger partial charge in [-0.3, -0.25) is 0 Å². The molecule has 0 spiro atoms. The second-order valence-corrected chi connectivity index (χ2v) is 7.45. The van der Waals surface area contributed by atoms with Gasteiger partial charge in [0.2, 0.25) is 0 Å². The maximum atomic E-state index is 11.3. The fourth-order valence-corrected chi connectivity index (χ4v) is 3.18. The molecule has 3 rings (SSSR count). The fraction of sp³-hybridized carbons (Fsp3) is 0.294. The summed E-state index contributed by atoms with van der Waals surface area (Å²) in [6.45, 7) is 2.01. The van der Waals surface area contributed by atoms with Crippen molar-refractivity contribution in [3.05, 3.63) is 42.4 Å². The molecule has 0 N–H and O–H groups in total. The van der Waals surface area contributed by atoms with Gasteiger partial charge in [0.1, 0.15) is 17.1 Å². The molecule has 0 atom stereocenters. The molecule has 0 saturated carbocycles. The summed E-state index contributed by atoms with van der Waals surface area (Å²) in [5.74, 6) is 1.09. The van der Waals surface area contributed by atoms with E-state index in [2.05, 4.69) is 9.97 Å². The van der Waals surface area contributed by atoms with E-state index in [9.17, 15) is 8.42 Å². The maximum absolute atomic E-state index is 11.3. The summed E-state index contributed by atoms with van der Waals surface area (Å²) in [7, 11) is 0.319. The molecule has 1 aromatic carbocycles. The zero-order chi connectivity index (χ0) is 18.2. The van der Waals surface area contributed by atoms with Crippen LogP contribution in [0.3, 0.4) is 0 Å². The first-order chi connectivity index (χ1) is 11.8. The zero-order valence-corrected chi connectivity index (χ0v) is 15.4. The number of rotatable bonds is 5. The molecule has 0 fully saturated rings. The van der Waals surface area contributed by atoms with E-state index in [1.165, 1.54) is 0 Å². The van der Waals surface area contributed by atoms with Gasteiger partial charge in [0, 0.05) is 25.8 Å². The number of hydrogen-bond acceptors (Lipinski definition) is 6. The van der Waals surface area contributed by atoms with Crippen molar-refractivity contribution in [3.8, 4) is 5.75 Å². The number of hydrogen-bond donors (Lipinski definition) is 0. The van der Waals surface area contributed by atoms with Crippen LogP contribution in [-0.2, 0) is 23.6 Å². The summed E-state index contributed by atoms with van der Waals surface area (Å²) < 4.78 is 29.6. The van der Waals surface area contributed by atoms with Crippen molar-refractivity contribution < 1.29 is 12.6 Å². The summed E-state index contributed by atoms with van der Waals surface area (Å²) in [4.78, 5) is 10.7. The van der Waals surface area contributed by atoms with Gasteiger partial charge in [-0.05, 0) is 30.2 Å². The lowest BCUT2D eigenvalue weighted by molar-refractivity contribution is 0.492. The largest absolute Gasteiger partial charge is 0.383 e. The Kier molecular flexibility index (Phi) is 4.38. The van der Waals surface area contributed by atoms with Crippen LogP contribution in [-0.4, -0.2) is 36.3 Å². The van der Waals surface area contributed by atoms with Gasteiger partial charge < -0.3 is 13.7 Å². The Morgan fingerprint density at radius 3 is 2.68 bits per heavy atom. The van der Waals surface area contributed by atoms with Crippen LogP contribution in [0, 0.1) is 0 Å². The van der Waals surface area contributed by atoms with Crippen LogP contribution in [0.25, 0.3) is 11.0 Å². The Morgan fingerprint density at radius 1 is 1.24 bits per heavy atom. The van der Waals surface area contributed by atoms with Gasteiger partial charge in [0.15, 0.2) is 0 Å². The van der Waals surface area contributed by atoms with E-state index < -0.39 is 10.1 Å². The quantitative estimate of drug-likeness (QED) is 0.651. The first-order valence-electron chi connectivity index (χ1n) is 7.81. The highest BCUT2D eigenvalue weighted by atomic mass is 32.2. The molecule has 25 heavy (non-hydrogen) atoms. The van der Waals surface area contributed by atoms with E-state index in [1.54, 1.807) is 24.7 Å². The van der Waals surface area contributed by atoms with Crippen molar-refractivity contribution in [1.82, 2.24) is 14.5 Å². The maximum Gasteiger partial charge on any atom is 0.306 e. The van der Waals surface area contributed by atoms with Gasteiger partial charge in [0.05, 0.1) is 24.3 Å². The van der Waals surface area contributed by atoms with Crippen LogP contribution >= 0.6 is 0 Å². The van der Waals surface area contributed by atoms with Crippen molar-refractivity contribution in [2.75, 3.05) is 18.2 Å². The third kappa shape index (κ3) is 3.58. The van der Waals surface area contributed by atoms with E-state index in [4.69, 9.17) is 4.18 Å². The van der Waals surface area contributed by atoms with Gasteiger partial charge in [-0.15, -0.1) is 0 Å². The van der Waals surface area contributed by atoms with Gasteiger partial charge >= 0.3 is 10.1 Å². The first-order valence-corrected chi connectivity index (χ1v) is 9.63. The smallest absolute Gasteiger partial charge is 0.306 e. The van der Waals surface area contributed by atoms with Crippen LogP contribution < -0.4 is 9.08 Å². The first kappa shape index (κ1) is 17.2. The standard InChI is InChI=1S/C17H20N4O3S/c1-5-12-8-13(24-25(4,22)23)6-7-15(12)21(3)17-9-16-14(10-18-17)19-11-20(16)2/h6-11H,5H2,1-4H3.